The Morgan fingerprint density at radius 2 is 1.43 bits per heavy atom. The van der Waals surface area contributed by atoms with E-state index < -0.39 is 0 Å². The zero-order valence-electron chi connectivity index (χ0n) is 16.8. The molecule has 0 aliphatic carbocycles. The summed E-state index contributed by atoms with van der Waals surface area (Å²) in [4.78, 5) is 30.2. The van der Waals surface area contributed by atoms with Gasteiger partial charge in [-0.25, -0.2) is 0 Å². The third-order valence-corrected chi connectivity index (χ3v) is 4.84. The van der Waals surface area contributed by atoms with Crippen LogP contribution in [0.25, 0.3) is 0 Å². The van der Waals surface area contributed by atoms with Gasteiger partial charge in [0.05, 0.1) is 33.5 Å². The van der Waals surface area contributed by atoms with Crippen LogP contribution < -0.4 is 25.4 Å². The number of ether oxygens (including phenoxy) is 3. The Bertz CT molecular complexity index is 816. The molecule has 2 saturated heterocycles. The van der Waals surface area contributed by atoms with Gasteiger partial charge in [0.1, 0.15) is 5.75 Å². The van der Waals surface area contributed by atoms with Crippen molar-refractivity contribution in [2.75, 3.05) is 74.9 Å². The van der Waals surface area contributed by atoms with Gasteiger partial charge in [0.2, 0.25) is 17.8 Å². The number of morpholine rings is 2. The van der Waals surface area contributed by atoms with Gasteiger partial charge in [-0.15, -0.1) is 0 Å². The first-order valence-corrected chi connectivity index (χ1v) is 9.85. The van der Waals surface area contributed by atoms with Crippen molar-refractivity contribution >= 4 is 23.8 Å². The summed E-state index contributed by atoms with van der Waals surface area (Å²) in [6, 6.07) is 6.82. The molecular weight excluding hydrogens is 390 g/mol. The number of nitrogens with zero attached hydrogens (tertiary/aromatic N) is 5. The van der Waals surface area contributed by atoms with E-state index in [9.17, 15) is 4.79 Å². The molecule has 0 saturated carbocycles. The predicted molar refractivity (Wildman–Crippen MR) is 110 cm³/mol. The highest BCUT2D eigenvalue weighted by atomic mass is 16.5. The molecule has 4 rings (SSSR count). The van der Waals surface area contributed by atoms with E-state index in [1.54, 1.807) is 31.4 Å². The van der Waals surface area contributed by atoms with E-state index in [0.29, 0.717) is 75.8 Å². The lowest BCUT2D eigenvalue weighted by Crippen LogP contribution is -2.40. The Balaban J connectivity index is 1.50. The van der Waals surface area contributed by atoms with Gasteiger partial charge >= 0.3 is 0 Å². The number of anilines is 3. The number of hydrazine groups is 1. The molecule has 1 amide bonds. The fourth-order valence-corrected chi connectivity index (χ4v) is 3.15. The van der Waals surface area contributed by atoms with E-state index >= 15 is 0 Å². The topological polar surface area (TPSA) is 114 Å². The highest BCUT2D eigenvalue weighted by Gasteiger charge is 2.21. The molecule has 0 atom stereocenters. The number of carbonyl (C=O) groups is 1. The zero-order chi connectivity index (χ0) is 20.8. The maximum Gasteiger partial charge on any atom is 0.269 e. The van der Waals surface area contributed by atoms with Gasteiger partial charge in [0, 0.05) is 31.7 Å². The Hall–Kier alpha value is -3.18. The van der Waals surface area contributed by atoms with Crippen molar-refractivity contribution in [1.29, 1.82) is 0 Å². The molecule has 0 spiro atoms. The number of hydrogen-bond acceptors (Lipinski definition) is 10. The fraction of sp³-hybridized carbons (Fsp3) is 0.474. The van der Waals surface area contributed by atoms with Crippen molar-refractivity contribution < 1.29 is 19.0 Å². The SMILES string of the molecule is COc1ccc(C(=O)NNc2nc(N3CCOCC3)nc(N3CCOCC3)n2)cc1. The van der Waals surface area contributed by atoms with Gasteiger partial charge in [-0.05, 0) is 24.3 Å². The van der Waals surface area contributed by atoms with Gasteiger partial charge < -0.3 is 24.0 Å². The second-order valence-corrected chi connectivity index (χ2v) is 6.77. The molecule has 1 aromatic carbocycles. The van der Waals surface area contributed by atoms with Crippen molar-refractivity contribution in [3.05, 3.63) is 29.8 Å². The summed E-state index contributed by atoms with van der Waals surface area (Å²) in [5.74, 6) is 1.75. The van der Waals surface area contributed by atoms with E-state index in [1.165, 1.54) is 0 Å². The average Bonchev–Trinajstić information content (AvgIpc) is 2.83. The van der Waals surface area contributed by atoms with Crippen LogP contribution in [0.4, 0.5) is 17.8 Å². The molecule has 2 aromatic rings. The minimum absolute atomic E-state index is 0.273. The number of amides is 1. The third-order valence-electron chi connectivity index (χ3n) is 4.84. The number of aromatic nitrogens is 3. The number of methoxy groups -OCH3 is 1. The largest absolute Gasteiger partial charge is 0.497 e. The summed E-state index contributed by atoms with van der Waals surface area (Å²) in [5.41, 5.74) is 5.95. The Kier molecular flexibility index (Phi) is 6.40. The molecule has 0 radical (unpaired) electrons. The lowest BCUT2D eigenvalue weighted by atomic mass is 10.2. The minimum Gasteiger partial charge on any atom is -0.497 e. The van der Waals surface area contributed by atoms with Crippen LogP contribution in [0.2, 0.25) is 0 Å². The predicted octanol–water partition coefficient (Wildman–Crippen LogP) is 0.310. The van der Waals surface area contributed by atoms with Crippen LogP contribution in [0.5, 0.6) is 5.75 Å². The van der Waals surface area contributed by atoms with E-state index in [2.05, 4.69) is 25.8 Å². The fourth-order valence-electron chi connectivity index (χ4n) is 3.15. The first-order chi connectivity index (χ1) is 14.7. The summed E-state index contributed by atoms with van der Waals surface area (Å²) in [7, 11) is 1.58. The second kappa shape index (κ2) is 9.55. The van der Waals surface area contributed by atoms with Crippen molar-refractivity contribution in [2.45, 2.75) is 0 Å². The van der Waals surface area contributed by atoms with Gasteiger partial charge in [0.15, 0.2) is 0 Å². The third kappa shape index (κ3) is 4.86. The summed E-state index contributed by atoms with van der Waals surface area (Å²) < 4.78 is 16.0. The monoisotopic (exact) mass is 415 g/mol. The van der Waals surface area contributed by atoms with Crippen molar-refractivity contribution in [3.8, 4) is 5.75 Å². The molecule has 2 N–H and O–H groups in total. The quantitative estimate of drug-likeness (QED) is 0.639. The van der Waals surface area contributed by atoms with E-state index in [1.807, 2.05) is 9.80 Å². The average molecular weight is 415 g/mol. The number of carbonyl (C=O) groups excluding carboxylic acids is 1. The van der Waals surface area contributed by atoms with Gasteiger partial charge in [-0.1, -0.05) is 0 Å². The molecule has 160 valence electrons. The smallest absolute Gasteiger partial charge is 0.269 e. The highest BCUT2D eigenvalue weighted by molar-refractivity contribution is 5.94. The van der Waals surface area contributed by atoms with Crippen LogP contribution in [0.1, 0.15) is 10.4 Å². The van der Waals surface area contributed by atoms with Crippen molar-refractivity contribution in [2.24, 2.45) is 0 Å². The summed E-state index contributed by atoms with van der Waals surface area (Å²) in [6.07, 6.45) is 0. The highest BCUT2D eigenvalue weighted by Crippen LogP contribution is 2.18. The molecule has 1 aromatic heterocycles. The first kappa shape index (κ1) is 20.1. The standard InChI is InChI=1S/C19H25N7O4/c1-28-15-4-2-14(3-5-15)16(27)23-24-17-20-18(25-6-10-29-11-7-25)22-19(21-17)26-8-12-30-13-9-26/h2-5H,6-13H2,1H3,(H,23,27)(H,20,21,22,24). The lowest BCUT2D eigenvalue weighted by molar-refractivity contribution is 0.0962. The number of rotatable bonds is 6. The van der Waals surface area contributed by atoms with Gasteiger partial charge in [0.25, 0.3) is 5.91 Å². The number of nitrogens with one attached hydrogen (secondary N) is 2. The second-order valence-electron chi connectivity index (χ2n) is 6.77. The first-order valence-electron chi connectivity index (χ1n) is 9.85. The zero-order valence-corrected chi connectivity index (χ0v) is 16.8. The van der Waals surface area contributed by atoms with Crippen LogP contribution in [0, 0.1) is 0 Å². The number of hydrogen-bond donors (Lipinski definition) is 2. The van der Waals surface area contributed by atoms with E-state index in [0.717, 1.165) is 0 Å². The van der Waals surface area contributed by atoms with Crippen molar-refractivity contribution in [1.82, 2.24) is 20.4 Å². The molecule has 11 heteroatoms. The molecule has 0 bridgehead atoms. The van der Waals surface area contributed by atoms with Crippen LogP contribution >= 0.6 is 0 Å². The Labute approximate surface area is 174 Å². The van der Waals surface area contributed by atoms with E-state index in [-0.39, 0.29) is 11.9 Å². The molecule has 2 fully saturated rings. The molecule has 3 heterocycles. The Morgan fingerprint density at radius 1 is 0.900 bits per heavy atom. The van der Waals surface area contributed by atoms with Crippen molar-refractivity contribution in [3.63, 3.8) is 0 Å². The van der Waals surface area contributed by atoms with E-state index in [4.69, 9.17) is 14.2 Å². The van der Waals surface area contributed by atoms with Crippen LogP contribution in [-0.4, -0.2) is 80.6 Å². The normalized spacial score (nSPS) is 16.8. The molecule has 0 unspecified atom stereocenters. The van der Waals surface area contributed by atoms with Crippen LogP contribution in [0.15, 0.2) is 24.3 Å². The summed E-state index contributed by atoms with van der Waals surface area (Å²) in [6.45, 7) is 5.28. The molecule has 2 aliphatic rings. The number of benzene rings is 1. The Morgan fingerprint density at radius 3 is 1.93 bits per heavy atom. The maximum atomic E-state index is 12.5. The molecular formula is C19H25N7O4. The molecule has 2 aliphatic heterocycles. The van der Waals surface area contributed by atoms with Crippen LogP contribution in [0.3, 0.4) is 0 Å². The molecule has 30 heavy (non-hydrogen) atoms. The summed E-state index contributed by atoms with van der Waals surface area (Å²) >= 11 is 0. The van der Waals surface area contributed by atoms with Crippen LogP contribution in [-0.2, 0) is 9.47 Å². The minimum atomic E-state index is -0.307. The lowest BCUT2D eigenvalue weighted by Gasteiger charge is -2.30. The van der Waals surface area contributed by atoms with Gasteiger partial charge in [-0.3, -0.25) is 15.6 Å². The molecule has 11 nitrogen and oxygen atoms in total. The summed E-state index contributed by atoms with van der Waals surface area (Å²) in [5, 5.41) is 0. The maximum absolute atomic E-state index is 12.5. The van der Waals surface area contributed by atoms with Gasteiger partial charge in [-0.2, -0.15) is 15.0 Å².